The van der Waals surface area contributed by atoms with Crippen LogP contribution in [0.5, 0.6) is 0 Å². The van der Waals surface area contributed by atoms with E-state index in [2.05, 4.69) is 44.8 Å². The van der Waals surface area contributed by atoms with Crippen molar-refractivity contribution < 1.29 is 5.11 Å². The fourth-order valence-corrected chi connectivity index (χ4v) is 3.14. The van der Waals surface area contributed by atoms with Crippen molar-refractivity contribution in [3.05, 3.63) is 0 Å². The Kier molecular flexibility index (Phi) is 6.96. The van der Waals surface area contributed by atoms with E-state index >= 15 is 0 Å². The molecule has 0 saturated carbocycles. The van der Waals surface area contributed by atoms with Crippen molar-refractivity contribution in [2.45, 2.75) is 78.3 Å². The standard InChI is InChI=1S/C17H36N2O/c1-6-17(7-2,13-18-16(3,4)5)14-19-11-9-8-10-15(19)12-20/h15,18,20H,6-14H2,1-5H3. The number of nitrogens with one attached hydrogen (secondary N) is 1. The van der Waals surface area contributed by atoms with Gasteiger partial charge in [0.2, 0.25) is 0 Å². The average Bonchev–Trinajstić information content (AvgIpc) is 2.43. The average molecular weight is 284 g/mol. The van der Waals surface area contributed by atoms with E-state index < -0.39 is 0 Å². The molecule has 0 spiro atoms. The molecular weight excluding hydrogens is 248 g/mol. The summed E-state index contributed by atoms with van der Waals surface area (Å²) in [4.78, 5) is 2.54. The van der Waals surface area contributed by atoms with Crippen molar-refractivity contribution in [2.24, 2.45) is 5.41 Å². The summed E-state index contributed by atoms with van der Waals surface area (Å²) in [6.07, 6.45) is 6.11. The van der Waals surface area contributed by atoms with Crippen molar-refractivity contribution in [1.29, 1.82) is 0 Å². The number of aliphatic hydroxyl groups excluding tert-OH is 1. The Morgan fingerprint density at radius 2 is 1.80 bits per heavy atom. The Bertz CT molecular complexity index is 269. The normalized spacial score (nSPS) is 22.2. The van der Waals surface area contributed by atoms with E-state index in [0.29, 0.717) is 18.1 Å². The molecule has 1 fully saturated rings. The topological polar surface area (TPSA) is 35.5 Å². The molecule has 0 aliphatic carbocycles. The lowest BCUT2D eigenvalue weighted by Gasteiger charge is -2.43. The van der Waals surface area contributed by atoms with Crippen LogP contribution in [-0.2, 0) is 0 Å². The molecule has 2 N–H and O–H groups in total. The van der Waals surface area contributed by atoms with Gasteiger partial charge in [0.1, 0.15) is 0 Å². The monoisotopic (exact) mass is 284 g/mol. The lowest BCUT2D eigenvalue weighted by molar-refractivity contribution is 0.0408. The molecule has 1 unspecified atom stereocenters. The molecule has 0 radical (unpaired) electrons. The Hall–Kier alpha value is -0.120. The first kappa shape index (κ1) is 17.9. The lowest BCUT2D eigenvalue weighted by Crippen LogP contribution is -2.52. The Morgan fingerprint density at radius 1 is 1.15 bits per heavy atom. The number of hydrogen-bond donors (Lipinski definition) is 2. The highest BCUT2D eigenvalue weighted by Crippen LogP contribution is 2.30. The van der Waals surface area contributed by atoms with Gasteiger partial charge in [0.25, 0.3) is 0 Å². The van der Waals surface area contributed by atoms with Crippen LogP contribution in [0.3, 0.4) is 0 Å². The van der Waals surface area contributed by atoms with Crippen LogP contribution in [0.25, 0.3) is 0 Å². The quantitative estimate of drug-likeness (QED) is 0.754. The number of aliphatic hydroxyl groups is 1. The van der Waals surface area contributed by atoms with Gasteiger partial charge in [-0.05, 0) is 58.4 Å². The molecule has 120 valence electrons. The molecule has 1 aliphatic heterocycles. The van der Waals surface area contributed by atoms with Gasteiger partial charge in [-0.15, -0.1) is 0 Å². The summed E-state index contributed by atoms with van der Waals surface area (Å²) in [5, 5.41) is 13.3. The predicted octanol–water partition coefficient (Wildman–Crippen LogP) is 3.03. The molecular formula is C17H36N2O. The number of hydrogen-bond acceptors (Lipinski definition) is 3. The largest absolute Gasteiger partial charge is 0.395 e. The molecule has 0 aromatic rings. The molecule has 3 nitrogen and oxygen atoms in total. The summed E-state index contributed by atoms with van der Waals surface area (Å²) in [7, 11) is 0. The van der Waals surface area contributed by atoms with Gasteiger partial charge in [-0.1, -0.05) is 20.3 Å². The van der Waals surface area contributed by atoms with Gasteiger partial charge in [-0.2, -0.15) is 0 Å². The first-order valence-corrected chi connectivity index (χ1v) is 8.46. The number of likely N-dealkylation sites (tertiary alicyclic amines) is 1. The van der Waals surface area contributed by atoms with E-state index in [1.807, 2.05) is 0 Å². The van der Waals surface area contributed by atoms with E-state index in [9.17, 15) is 5.11 Å². The zero-order valence-corrected chi connectivity index (χ0v) is 14.3. The molecule has 0 aromatic heterocycles. The van der Waals surface area contributed by atoms with Gasteiger partial charge in [-0.25, -0.2) is 0 Å². The van der Waals surface area contributed by atoms with E-state index in [4.69, 9.17) is 0 Å². The molecule has 1 aliphatic rings. The fourth-order valence-electron chi connectivity index (χ4n) is 3.14. The summed E-state index contributed by atoms with van der Waals surface area (Å²) in [6, 6.07) is 0.385. The van der Waals surface area contributed by atoms with Crippen LogP contribution in [-0.4, -0.2) is 47.8 Å². The van der Waals surface area contributed by atoms with E-state index in [1.165, 1.54) is 25.7 Å². The second kappa shape index (κ2) is 7.77. The second-order valence-corrected chi connectivity index (χ2v) is 7.61. The van der Waals surface area contributed by atoms with Crippen molar-refractivity contribution in [3.8, 4) is 0 Å². The van der Waals surface area contributed by atoms with Crippen LogP contribution in [0.15, 0.2) is 0 Å². The van der Waals surface area contributed by atoms with E-state index in [-0.39, 0.29) is 5.54 Å². The smallest absolute Gasteiger partial charge is 0.0586 e. The number of rotatable bonds is 7. The third-order valence-corrected chi connectivity index (χ3v) is 4.99. The van der Waals surface area contributed by atoms with Crippen LogP contribution >= 0.6 is 0 Å². The first-order valence-electron chi connectivity index (χ1n) is 8.46. The van der Waals surface area contributed by atoms with Gasteiger partial charge in [0, 0.05) is 24.7 Å². The van der Waals surface area contributed by atoms with Crippen molar-refractivity contribution in [2.75, 3.05) is 26.2 Å². The minimum Gasteiger partial charge on any atom is -0.395 e. The van der Waals surface area contributed by atoms with Crippen LogP contribution in [0, 0.1) is 5.41 Å². The van der Waals surface area contributed by atoms with Crippen molar-refractivity contribution in [3.63, 3.8) is 0 Å². The van der Waals surface area contributed by atoms with Crippen LogP contribution in [0.2, 0.25) is 0 Å². The van der Waals surface area contributed by atoms with Crippen molar-refractivity contribution >= 4 is 0 Å². The Labute approximate surface area is 126 Å². The maximum atomic E-state index is 9.61. The summed E-state index contributed by atoms with van der Waals surface area (Å²) in [5.74, 6) is 0. The molecule has 20 heavy (non-hydrogen) atoms. The molecule has 1 saturated heterocycles. The van der Waals surface area contributed by atoms with Gasteiger partial charge in [0.15, 0.2) is 0 Å². The van der Waals surface area contributed by atoms with Gasteiger partial charge >= 0.3 is 0 Å². The maximum Gasteiger partial charge on any atom is 0.0586 e. The van der Waals surface area contributed by atoms with Crippen LogP contribution in [0.1, 0.15) is 66.7 Å². The highest BCUT2D eigenvalue weighted by atomic mass is 16.3. The molecule has 0 aromatic carbocycles. The Balaban J connectivity index is 2.68. The van der Waals surface area contributed by atoms with E-state index in [0.717, 1.165) is 26.1 Å². The van der Waals surface area contributed by atoms with Crippen molar-refractivity contribution in [1.82, 2.24) is 10.2 Å². The zero-order chi connectivity index (χ0) is 15.2. The SMILES string of the molecule is CCC(CC)(CNC(C)(C)C)CN1CCCCC1CO. The first-order chi connectivity index (χ1) is 9.36. The summed E-state index contributed by atoms with van der Waals surface area (Å²) < 4.78 is 0. The predicted molar refractivity (Wildman–Crippen MR) is 87.1 cm³/mol. The number of piperidine rings is 1. The summed E-state index contributed by atoms with van der Waals surface area (Å²) in [5.41, 5.74) is 0.506. The minimum atomic E-state index is 0.174. The van der Waals surface area contributed by atoms with E-state index in [1.54, 1.807) is 0 Å². The second-order valence-electron chi connectivity index (χ2n) is 7.61. The molecule has 3 heteroatoms. The van der Waals surface area contributed by atoms with Gasteiger partial charge in [-0.3, -0.25) is 4.90 Å². The molecule has 1 atom stereocenters. The zero-order valence-electron chi connectivity index (χ0n) is 14.3. The van der Waals surface area contributed by atoms with Crippen LogP contribution in [0.4, 0.5) is 0 Å². The molecule has 1 rings (SSSR count). The third-order valence-electron chi connectivity index (χ3n) is 4.99. The molecule has 0 bridgehead atoms. The minimum absolute atomic E-state index is 0.174. The fraction of sp³-hybridized carbons (Fsp3) is 1.00. The molecule has 1 heterocycles. The van der Waals surface area contributed by atoms with Crippen LogP contribution < -0.4 is 5.32 Å². The van der Waals surface area contributed by atoms with Gasteiger partial charge < -0.3 is 10.4 Å². The summed E-state index contributed by atoms with van der Waals surface area (Å²) in [6.45, 7) is 15.0. The maximum absolute atomic E-state index is 9.61. The van der Waals surface area contributed by atoms with Gasteiger partial charge in [0.05, 0.1) is 6.61 Å². The Morgan fingerprint density at radius 3 is 2.30 bits per heavy atom. The summed E-state index contributed by atoms with van der Waals surface area (Å²) >= 11 is 0. The lowest BCUT2D eigenvalue weighted by atomic mass is 9.80. The highest BCUT2D eigenvalue weighted by Gasteiger charge is 2.33. The molecule has 0 amide bonds. The third kappa shape index (κ3) is 5.34. The number of nitrogens with zero attached hydrogens (tertiary/aromatic N) is 1. The highest BCUT2D eigenvalue weighted by molar-refractivity contribution is 4.88.